The number of carboxylic acids is 1. The summed E-state index contributed by atoms with van der Waals surface area (Å²) in [4.78, 5) is 22.1. The van der Waals surface area contributed by atoms with Crippen molar-refractivity contribution in [1.82, 2.24) is 5.32 Å². The summed E-state index contributed by atoms with van der Waals surface area (Å²) < 4.78 is 26.8. The Balaban J connectivity index is 2.41. The lowest BCUT2D eigenvalue weighted by Crippen LogP contribution is -2.30. The van der Waals surface area contributed by atoms with Gasteiger partial charge in [-0.1, -0.05) is 6.92 Å². The van der Waals surface area contributed by atoms with Gasteiger partial charge >= 0.3 is 12.0 Å². The predicted molar refractivity (Wildman–Crippen MR) is 74.2 cm³/mol. The van der Waals surface area contributed by atoms with E-state index in [-0.39, 0.29) is 17.8 Å². The van der Waals surface area contributed by atoms with Gasteiger partial charge in [0, 0.05) is 12.6 Å². The minimum atomic E-state index is -0.892. The van der Waals surface area contributed by atoms with Gasteiger partial charge in [-0.25, -0.2) is 13.6 Å². The second-order valence-electron chi connectivity index (χ2n) is 4.84. The highest BCUT2D eigenvalue weighted by Gasteiger charge is 2.12. The molecule has 0 saturated heterocycles. The summed E-state index contributed by atoms with van der Waals surface area (Å²) in [5.41, 5.74) is -0.0874. The molecule has 0 aromatic heterocycles. The maximum absolute atomic E-state index is 13.5. The van der Waals surface area contributed by atoms with E-state index in [4.69, 9.17) is 5.11 Å². The summed E-state index contributed by atoms with van der Waals surface area (Å²) in [6, 6.07) is 1.25. The van der Waals surface area contributed by atoms with Crippen LogP contribution >= 0.6 is 0 Å². The third kappa shape index (κ3) is 5.37. The van der Waals surface area contributed by atoms with Gasteiger partial charge in [-0.05, 0) is 31.4 Å². The molecule has 0 aliphatic carbocycles. The van der Waals surface area contributed by atoms with Crippen molar-refractivity contribution in [3.8, 4) is 0 Å². The molecule has 1 atom stereocenters. The second-order valence-corrected chi connectivity index (χ2v) is 4.84. The molecule has 116 valence electrons. The number of aryl methyl sites for hydroxylation is 1. The van der Waals surface area contributed by atoms with Gasteiger partial charge < -0.3 is 15.7 Å². The van der Waals surface area contributed by atoms with E-state index >= 15 is 0 Å². The minimum Gasteiger partial charge on any atom is -0.481 e. The van der Waals surface area contributed by atoms with Crippen LogP contribution in [-0.2, 0) is 4.79 Å². The normalized spacial score (nSPS) is 11.8. The fraction of sp³-hybridized carbons (Fsp3) is 0.429. The van der Waals surface area contributed by atoms with Crippen LogP contribution in [0, 0.1) is 24.5 Å². The topological polar surface area (TPSA) is 78.4 Å². The van der Waals surface area contributed by atoms with Crippen molar-refractivity contribution in [2.75, 3.05) is 11.9 Å². The van der Waals surface area contributed by atoms with Crippen LogP contribution in [-0.4, -0.2) is 23.7 Å². The number of benzene rings is 1. The molecule has 0 heterocycles. The third-order valence-corrected chi connectivity index (χ3v) is 3.02. The molecule has 1 unspecified atom stereocenters. The summed E-state index contributed by atoms with van der Waals surface area (Å²) >= 11 is 0. The number of hydrogen-bond donors (Lipinski definition) is 3. The minimum absolute atomic E-state index is 0.154. The molecule has 0 aliphatic rings. The molecule has 1 aromatic rings. The average molecular weight is 300 g/mol. The molecule has 5 nitrogen and oxygen atoms in total. The molecule has 0 aliphatic heterocycles. The smallest absolute Gasteiger partial charge is 0.319 e. The summed E-state index contributed by atoms with van der Waals surface area (Å²) in [5, 5.41) is 13.3. The quantitative estimate of drug-likeness (QED) is 0.707. The first-order valence-electron chi connectivity index (χ1n) is 6.54. The van der Waals surface area contributed by atoms with Crippen molar-refractivity contribution in [2.24, 2.45) is 5.92 Å². The number of halogens is 2. The molecule has 0 fully saturated rings. The molecule has 1 rings (SSSR count). The highest BCUT2D eigenvalue weighted by molar-refractivity contribution is 5.89. The van der Waals surface area contributed by atoms with Crippen molar-refractivity contribution in [1.29, 1.82) is 0 Å². The number of urea groups is 1. The number of aliphatic carboxylic acids is 1. The lowest BCUT2D eigenvalue weighted by molar-refractivity contribution is -0.141. The van der Waals surface area contributed by atoms with E-state index in [0.29, 0.717) is 12.8 Å². The number of nitrogens with one attached hydrogen (secondary N) is 2. The first-order chi connectivity index (χ1) is 9.81. The predicted octanol–water partition coefficient (Wildman–Crippen LogP) is 2.90. The van der Waals surface area contributed by atoms with Crippen molar-refractivity contribution in [3.63, 3.8) is 0 Å². The van der Waals surface area contributed by atoms with Gasteiger partial charge in [-0.3, -0.25) is 4.79 Å². The zero-order valence-corrected chi connectivity index (χ0v) is 11.9. The van der Waals surface area contributed by atoms with Gasteiger partial charge in [0.25, 0.3) is 0 Å². The van der Waals surface area contributed by atoms with Crippen molar-refractivity contribution < 1.29 is 23.5 Å². The number of hydrogen-bond acceptors (Lipinski definition) is 2. The van der Waals surface area contributed by atoms with E-state index in [1.165, 1.54) is 6.92 Å². The van der Waals surface area contributed by atoms with E-state index < -0.39 is 29.6 Å². The van der Waals surface area contributed by atoms with Gasteiger partial charge in [0.15, 0.2) is 0 Å². The lowest BCUT2D eigenvalue weighted by atomic mass is 10.1. The zero-order valence-electron chi connectivity index (χ0n) is 11.9. The third-order valence-electron chi connectivity index (χ3n) is 3.02. The molecule has 0 saturated carbocycles. The van der Waals surface area contributed by atoms with E-state index in [0.717, 1.165) is 12.1 Å². The van der Waals surface area contributed by atoms with Crippen LogP contribution in [0.25, 0.3) is 0 Å². The summed E-state index contributed by atoms with van der Waals surface area (Å²) in [5.74, 6) is -2.71. The first-order valence-corrected chi connectivity index (χ1v) is 6.54. The summed E-state index contributed by atoms with van der Waals surface area (Å²) in [6.07, 6.45) is 0.898. The fourth-order valence-electron chi connectivity index (χ4n) is 1.64. The number of rotatable bonds is 6. The standard InChI is InChI=1S/C14H18F2N2O3/c1-8(13(19)20)4-3-5-17-14(21)18-12-7-10(15)9(2)6-11(12)16/h6-8H,3-5H2,1-2H3,(H,19,20)(H2,17,18,21). The second kappa shape index (κ2) is 7.56. The van der Waals surface area contributed by atoms with Crippen molar-refractivity contribution in [2.45, 2.75) is 26.7 Å². The van der Waals surface area contributed by atoms with Gasteiger partial charge in [-0.15, -0.1) is 0 Å². The Labute approximate surface area is 121 Å². The van der Waals surface area contributed by atoms with Gasteiger partial charge in [0.05, 0.1) is 11.6 Å². The van der Waals surface area contributed by atoms with E-state index in [1.54, 1.807) is 6.92 Å². The number of carbonyl (C=O) groups is 2. The molecular formula is C14H18F2N2O3. The Morgan fingerprint density at radius 3 is 2.57 bits per heavy atom. The van der Waals surface area contributed by atoms with E-state index in [9.17, 15) is 18.4 Å². The average Bonchev–Trinajstić information content (AvgIpc) is 2.40. The van der Waals surface area contributed by atoms with Crippen LogP contribution < -0.4 is 10.6 Å². The van der Waals surface area contributed by atoms with E-state index in [2.05, 4.69) is 10.6 Å². The Hall–Kier alpha value is -2.18. The highest BCUT2D eigenvalue weighted by atomic mass is 19.1. The monoisotopic (exact) mass is 300 g/mol. The number of carbonyl (C=O) groups excluding carboxylic acids is 1. The Morgan fingerprint density at radius 2 is 1.95 bits per heavy atom. The molecule has 0 bridgehead atoms. The zero-order chi connectivity index (χ0) is 16.0. The van der Waals surface area contributed by atoms with Crippen LogP contribution in [0.5, 0.6) is 0 Å². The number of anilines is 1. The number of amides is 2. The van der Waals surface area contributed by atoms with Gasteiger partial charge in [0.2, 0.25) is 0 Å². The summed E-state index contributed by atoms with van der Waals surface area (Å²) in [7, 11) is 0. The molecule has 1 aromatic carbocycles. The van der Waals surface area contributed by atoms with Gasteiger partial charge in [0.1, 0.15) is 11.6 Å². The van der Waals surface area contributed by atoms with Crippen LogP contribution in [0.2, 0.25) is 0 Å². The lowest BCUT2D eigenvalue weighted by Gasteiger charge is -2.10. The molecule has 2 amide bonds. The largest absolute Gasteiger partial charge is 0.481 e. The van der Waals surface area contributed by atoms with E-state index in [1.807, 2.05) is 0 Å². The van der Waals surface area contributed by atoms with Gasteiger partial charge in [-0.2, -0.15) is 0 Å². The molecule has 0 spiro atoms. The van der Waals surface area contributed by atoms with Crippen LogP contribution in [0.3, 0.4) is 0 Å². The van der Waals surface area contributed by atoms with Crippen LogP contribution in [0.4, 0.5) is 19.3 Å². The van der Waals surface area contributed by atoms with Crippen LogP contribution in [0.1, 0.15) is 25.3 Å². The molecule has 7 heteroatoms. The van der Waals surface area contributed by atoms with Crippen molar-refractivity contribution in [3.05, 3.63) is 29.3 Å². The fourth-order valence-corrected chi connectivity index (χ4v) is 1.64. The molecule has 3 N–H and O–H groups in total. The molecular weight excluding hydrogens is 282 g/mol. The SMILES string of the molecule is Cc1cc(F)c(NC(=O)NCCCC(C)C(=O)O)cc1F. The Kier molecular flexibility index (Phi) is 6.08. The maximum Gasteiger partial charge on any atom is 0.319 e. The van der Waals surface area contributed by atoms with Crippen LogP contribution in [0.15, 0.2) is 12.1 Å². The highest BCUT2D eigenvalue weighted by Crippen LogP contribution is 2.18. The molecule has 0 radical (unpaired) electrons. The first kappa shape index (κ1) is 16.9. The molecule has 21 heavy (non-hydrogen) atoms. The Morgan fingerprint density at radius 1 is 1.29 bits per heavy atom. The number of carboxylic acid groups (broad SMARTS) is 1. The van der Waals surface area contributed by atoms with Crippen molar-refractivity contribution >= 4 is 17.7 Å². The summed E-state index contributed by atoms with van der Waals surface area (Å²) in [6.45, 7) is 3.25. The Bertz CT molecular complexity index is 535. The maximum atomic E-state index is 13.5.